The maximum atomic E-state index is 12.4. The van der Waals surface area contributed by atoms with Gasteiger partial charge in [-0.1, -0.05) is 19.1 Å². The molecule has 1 aromatic rings. The van der Waals surface area contributed by atoms with Crippen molar-refractivity contribution in [2.24, 2.45) is 5.92 Å². The molecular weight excluding hydrogens is 760 g/mol. The van der Waals surface area contributed by atoms with Crippen LogP contribution in [0.5, 0.6) is 0 Å². The van der Waals surface area contributed by atoms with E-state index in [-0.39, 0.29) is 43.7 Å². The molecule has 1 saturated heterocycles. The zero-order valence-corrected chi connectivity index (χ0v) is 32.5. The van der Waals surface area contributed by atoms with Gasteiger partial charge >= 0.3 is 11.9 Å². The van der Waals surface area contributed by atoms with E-state index in [0.29, 0.717) is 0 Å². The predicted octanol–water partition coefficient (Wildman–Crippen LogP) is -2.87. The van der Waals surface area contributed by atoms with Crippen LogP contribution in [0.4, 0.5) is 5.69 Å². The number of benzene rings is 1. The van der Waals surface area contributed by atoms with E-state index >= 15 is 0 Å². The summed E-state index contributed by atoms with van der Waals surface area (Å²) in [6, 6.07) is 3.60. The Kier molecular flexibility index (Phi) is 19.9. The molecule has 0 bridgehead atoms. The number of rotatable bonds is 23. The lowest BCUT2D eigenvalue weighted by molar-refractivity contribution is -0.278. The average molecular weight is 817 g/mol. The van der Waals surface area contributed by atoms with Gasteiger partial charge in [0.05, 0.1) is 56.4 Å². The summed E-state index contributed by atoms with van der Waals surface area (Å²) in [5.41, 5.74) is -1.84. The van der Waals surface area contributed by atoms with Gasteiger partial charge in [0.15, 0.2) is 11.9 Å². The van der Waals surface area contributed by atoms with Gasteiger partial charge in [-0.2, -0.15) is 0 Å². The zero-order valence-electron chi connectivity index (χ0n) is 32.5. The SMILES string of the molecule is COC(=O)c1ccccc1NC(=O)CCC(=O)NCCCO[C@H]1OC(CO[C@@](C)(C[C@@H](O)[C@@H](NC(C)=O)C(C)[C@H](O)[C@H](O)CO)C(=O)O)[C@H](O)[C@H](O)C1NC(C)=O. The summed E-state index contributed by atoms with van der Waals surface area (Å²) in [4.78, 5) is 73.0. The number of para-hydroxylation sites is 1. The molecule has 0 radical (unpaired) electrons. The minimum absolute atomic E-state index is 0.0776. The quantitative estimate of drug-likeness (QED) is 0.0391. The van der Waals surface area contributed by atoms with Crippen LogP contribution in [-0.4, -0.2) is 165 Å². The molecule has 0 aliphatic carbocycles. The van der Waals surface area contributed by atoms with E-state index in [1.165, 1.54) is 26.2 Å². The molecule has 57 heavy (non-hydrogen) atoms. The molecule has 2 rings (SSSR count). The summed E-state index contributed by atoms with van der Waals surface area (Å²) < 4.78 is 21.9. The fourth-order valence-electron chi connectivity index (χ4n) is 5.99. The normalized spacial score (nSPS) is 23.0. The van der Waals surface area contributed by atoms with Crippen molar-refractivity contribution < 1.29 is 83.5 Å². The molecule has 1 aliphatic rings. The maximum absolute atomic E-state index is 12.4. The first-order valence-electron chi connectivity index (χ1n) is 18.2. The van der Waals surface area contributed by atoms with Gasteiger partial charge in [-0.3, -0.25) is 19.2 Å². The molecule has 11 atom stereocenters. The Bertz CT molecular complexity index is 1520. The van der Waals surface area contributed by atoms with Gasteiger partial charge in [0.25, 0.3) is 0 Å². The number of carboxylic acid groups (broad SMARTS) is 1. The molecule has 322 valence electrons. The number of hydrogen-bond acceptors (Lipinski definition) is 16. The number of aliphatic hydroxyl groups is 6. The monoisotopic (exact) mass is 816 g/mol. The Hall–Kier alpha value is -4.32. The van der Waals surface area contributed by atoms with Crippen LogP contribution < -0.4 is 21.3 Å². The molecule has 0 spiro atoms. The molecule has 0 aromatic heterocycles. The van der Waals surface area contributed by atoms with Crippen LogP contribution in [0.1, 0.15) is 63.7 Å². The number of amides is 4. The van der Waals surface area contributed by atoms with Gasteiger partial charge in [-0.25, -0.2) is 9.59 Å². The Balaban J connectivity index is 2.01. The average Bonchev–Trinajstić information content (AvgIpc) is 3.16. The molecule has 0 saturated carbocycles. The topological polar surface area (TPSA) is 329 Å². The van der Waals surface area contributed by atoms with Crippen LogP contribution >= 0.6 is 0 Å². The third-order valence-electron chi connectivity index (χ3n) is 9.27. The van der Waals surface area contributed by atoms with Crippen molar-refractivity contribution in [1.82, 2.24) is 16.0 Å². The van der Waals surface area contributed by atoms with Crippen LogP contribution in [0.3, 0.4) is 0 Å². The van der Waals surface area contributed by atoms with Crippen molar-refractivity contribution in [1.29, 1.82) is 0 Å². The lowest BCUT2D eigenvalue weighted by Gasteiger charge is -2.43. The van der Waals surface area contributed by atoms with E-state index in [0.717, 1.165) is 20.8 Å². The van der Waals surface area contributed by atoms with Crippen molar-refractivity contribution in [3.8, 4) is 0 Å². The number of aliphatic carboxylic acids is 1. The standard InChI is InChI=1S/C36H56N4O17/c1-18(30(48)24(45)16-41)28(38-19(2)42)23(44)15-36(4,35(52)53)56-17-25-31(49)32(50)29(39-20(3)43)34(57-25)55-14-8-13-37-26(46)11-12-27(47)40-22-10-7-6-9-21(22)33(51)54-5/h6-7,9-10,18,23-25,28-32,34,41,44-45,48-50H,8,11-17H2,1-5H3,(H,37,46)(H,38,42)(H,39,43)(H,40,47)(H,52,53)/t18?,23-,24-,25?,28+,29?,30+,31+,32-,34+,36+/m1/s1. The molecule has 1 aromatic carbocycles. The van der Waals surface area contributed by atoms with Crippen LogP contribution in [0.25, 0.3) is 0 Å². The number of hydrogen-bond donors (Lipinski definition) is 11. The molecule has 11 N–H and O–H groups in total. The smallest absolute Gasteiger partial charge is 0.339 e. The number of esters is 1. The lowest BCUT2D eigenvalue weighted by Crippen LogP contribution is -2.65. The number of nitrogens with one attached hydrogen (secondary N) is 4. The summed E-state index contributed by atoms with van der Waals surface area (Å²) in [7, 11) is 1.20. The molecule has 3 unspecified atom stereocenters. The van der Waals surface area contributed by atoms with Crippen molar-refractivity contribution in [3.63, 3.8) is 0 Å². The van der Waals surface area contributed by atoms with E-state index in [1.54, 1.807) is 12.1 Å². The van der Waals surface area contributed by atoms with E-state index in [1.807, 2.05) is 0 Å². The molecule has 21 nitrogen and oxygen atoms in total. The third kappa shape index (κ3) is 14.8. The minimum Gasteiger partial charge on any atom is -0.479 e. The second-order valence-electron chi connectivity index (χ2n) is 13.9. The van der Waals surface area contributed by atoms with Gasteiger partial charge in [0, 0.05) is 45.6 Å². The second-order valence-corrected chi connectivity index (χ2v) is 13.9. The number of carbonyl (C=O) groups is 6. The van der Waals surface area contributed by atoms with Crippen molar-refractivity contribution >= 4 is 41.3 Å². The Morgan fingerprint density at radius 1 is 0.947 bits per heavy atom. The molecule has 21 heteroatoms. The van der Waals surface area contributed by atoms with Gasteiger partial charge < -0.3 is 76.0 Å². The number of aliphatic hydroxyl groups excluding tert-OH is 6. The van der Waals surface area contributed by atoms with Gasteiger partial charge in [-0.05, 0) is 25.5 Å². The molecule has 4 amide bonds. The Labute approximate surface area is 329 Å². The van der Waals surface area contributed by atoms with Crippen LogP contribution in [0.2, 0.25) is 0 Å². The predicted molar refractivity (Wildman–Crippen MR) is 196 cm³/mol. The highest BCUT2D eigenvalue weighted by Crippen LogP contribution is 2.28. The third-order valence-corrected chi connectivity index (χ3v) is 9.27. The highest BCUT2D eigenvalue weighted by atomic mass is 16.7. The summed E-state index contributed by atoms with van der Waals surface area (Å²) in [5.74, 6) is -5.53. The van der Waals surface area contributed by atoms with Crippen LogP contribution in [0.15, 0.2) is 24.3 Å². The molecule has 1 aliphatic heterocycles. The fourth-order valence-corrected chi connectivity index (χ4v) is 5.99. The Morgan fingerprint density at radius 2 is 1.60 bits per heavy atom. The van der Waals surface area contributed by atoms with E-state index in [2.05, 4.69) is 21.3 Å². The minimum atomic E-state index is -2.22. The van der Waals surface area contributed by atoms with Crippen molar-refractivity contribution in [2.45, 2.75) is 114 Å². The van der Waals surface area contributed by atoms with Crippen molar-refractivity contribution in [3.05, 3.63) is 29.8 Å². The zero-order chi connectivity index (χ0) is 43.0. The van der Waals surface area contributed by atoms with Gasteiger partial charge in [0.2, 0.25) is 23.6 Å². The number of carbonyl (C=O) groups excluding carboxylic acids is 5. The second kappa shape index (κ2) is 23.2. The Morgan fingerprint density at radius 3 is 2.19 bits per heavy atom. The fraction of sp³-hybridized carbons (Fsp3) is 0.667. The summed E-state index contributed by atoms with van der Waals surface area (Å²) in [5, 5.41) is 82.5. The van der Waals surface area contributed by atoms with E-state index in [9.17, 15) is 64.5 Å². The maximum Gasteiger partial charge on any atom is 0.339 e. The van der Waals surface area contributed by atoms with Crippen molar-refractivity contribution in [2.75, 3.05) is 38.8 Å². The first kappa shape index (κ1) is 48.8. The molecule has 1 fully saturated rings. The van der Waals surface area contributed by atoms with E-state index < -0.39 is 122 Å². The van der Waals surface area contributed by atoms with Gasteiger partial charge in [0.1, 0.15) is 30.5 Å². The first-order valence-corrected chi connectivity index (χ1v) is 18.2. The van der Waals surface area contributed by atoms with E-state index in [4.69, 9.17) is 18.9 Å². The number of methoxy groups -OCH3 is 1. The molecule has 1 heterocycles. The molecular formula is C36H56N4O17. The highest BCUT2D eigenvalue weighted by molar-refractivity contribution is 6.01. The highest BCUT2D eigenvalue weighted by Gasteiger charge is 2.48. The number of carboxylic acids is 1. The van der Waals surface area contributed by atoms with Crippen LogP contribution in [-0.2, 0) is 42.9 Å². The summed E-state index contributed by atoms with van der Waals surface area (Å²) in [6.45, 7) is 3.17. The number of anilines is 1. The lowest BCUT2D eigenvalue weighted by atomic mass is 9.84. The van der Waals surface area contributed by atoms with Crippen LogP contribution in [0, 0.1) is 5.92 Å². The van der Waals surface area contributed by atoms with Gasteiger partial charge in [-0.15, -0.1) is 0 Å². The summed E-state index contributed by atoms with van der Waals surface area (Å²) >= 11 is 0. The summed E-state index contributed by atoms with van der Waals surface area (Å²) in [6.07, 6.45) is -12.1. The largest absolute Gasteiger partial charge is 0.479 e. The first-order chi connectivity index (χ1) is 26.8. The number of ether oxygens (including phenoxy) is 4.